The Morgan fingerprint density at radius 3 is 2.58 bits per heavy atom. The summed E-state index contributed by atoms with van der Waals surface area (Å²) >= 11 is 0. The van der Waals surface area contributed by atoms with Crippen molar-refractivity contribution in [2.45, 2.75) is 19.4 Å². The molecule has 102 valence electrons. The molecule has 0 fully saturated rings. The summed E-state index contributed by atoms with van der Waals surface area (Å²) in [6.07, 6.45) is -0.261. The van der Waals surface area contributed by atoms with Crippen LogP contribution < -0.4 is 9.47 Å². The molecule has 1 N–H and O–H groups in total. The number of ether oxygens (including phenoxy) is 2. The lowest BCUT2D eigenvalue weighted by Gasteiger charge is -2.08. The zero-order valence-electron chi connectivity index (χ0n) is 11.1. The second kappa shape index (κ2) is 5.71. The van der Waals surface area contributed by atoms with Gasteiger partial charge in [-0.2, -0.15) is 4.98 Å². The van der Waals surface area contributed by atoms with Gasteiger partial charge in [0, 0.05) is 0 Å². The van der Waals surface area contributed by atoms with Gasteiger partial charge in [0.05, 0.1) is 20.6 Å². The van der Waals surface area contributed by atoms with Gasteiger partial charge in [0.25, 0.3) is 0 Å². The van der Waals surface area contributed by atoms with Crippen molar-refractivity contribution in [1.29, 1.82) is 0 Å². The van der Waals surface area contributed by atoms with E-state index in [4.69, 9.17) is 14.0 Å². The minimum Gasteiger partial charge on any atom is -0.493 e. The number of nitrogens with zero attached hydrogens (tertiary/aromatic N) is 2. The van der Waals surface area contributed by atoms with Gasteiger partial charge < -0.3 is 19.1 Å². The predicted octanol–water partition coefficient (Wildman–Crippen LogP) is 1.73. The van der Waals surface area contributed by atoms with Gasteiger partial charge in [-0.15, -0.1) is 0 Å². The van der Waals surface area contributed by atoms with Gasteiger partial charge in [-0.25, -0.2) is 0 Å². The van der Waals surface area contributed by atoms with E-state index in [0.717, 1.165) is 5.56 Å². The molecule has 6 nitrogen and oxygen atoms in total. The van der Waals surface area contributed by atoms with E-state index in [1.54, 1.807) is 21.1 Å². The second-order valence-electron chi connectivity index (χ2n) is 4.09. The number of hydrogen-bond donors (Lipinski definition) is 1. The first-order valence-electron chi connectivity index (χ1n) is 5.85. The first kappa shape index (κ1) is 13.4. The van der Waals surface area contributed by atoms with Crippen molar-refractivity contribution >= 4 is 0 Å². The molecule has 19 heavy (non-hydrogen) atoms. The van der Waals surface area contributed by atoms with Gasteiger partial charge in [-0.3, -0.25) is 0 Å². The molecule has 1 heterocycles. The molecule has 0 amide bonds. The molecule has 0 saturated heterocycles. The Hall–Kier alpha value is -2.08. The molecule has 0 radical (unpaired) electrons. The predicted molar refractivity (Wildman–Crippen MR) is 67.3 cm³/mol. The van der Waals surface area contributed by atoms with Gasteiger partial charge >= 0.3 is 0 Å². The third kappa shape index (κ3) is 3.03. The van der Waals surface area contributed by atoms with Crippen molar-refractivity contribution in [3.05, 3.63) is 35.5 Å². The standard InChI is InChI=1S/C13H16N2O4/c1-8(16)13-14-12(19-15-13)7-9-4-5-10(17-2)11(6-9)18-3/h4-6,8,16H,7H2,1-3H3. The summed E-state index contributed by atoms with van der Waals surface area (Å²) in [6.45, 7) is 1.59. The fourth-order valence-electron chi connectivity index (χ4n) is 1.67. The molecule has 0 spiro atoms. The Balaban J connectivity index is 2.18. The van der Waals surface area contributed by atoms with E-state index in [1.165, 1.54) is 0 Å². The SMILES string of the molecule is COc1ccc(Cc2nc(C(C)O)no2)cc1OC. The molecule has 2 aromatic rings. The molecule has 0 aliphatic carbocycles. The Labute approximate surface area is 111 Å². The van der Waals surface area contributed by atoms with Crippen molar-refractivity contribution < 1.29 is 19.1 Å². The number of aliphatic hydroxyl groups excluding tert-OH is 1. The van der Waals surface area contributed by atoms with E-state index >= 15 is 0 Å². The third-order valence-electron chi connectivity index (χ3n) is 2.66. The summed E-state index contributed by atoms with van der Waals surface area (Å²) in [5.41, 5.74) is 0.957. The van der Waals surface area contributed by atoms with Crippen LogP contribution >= 0.6 is 0 Å². The van der Waals surface area contributed by atoms with Crippen LogP contribution in [0, 0.1) is 0 Å². The number of rotatable bonds is 5. The molecule has 1 aromatic carbocycles. The summed E-state index contributed by atoms with van der Waals surface area (Å²) in [7, 11) is 3.17. The maximum Gasteiger partial charge on any atom is 0.231 e. The highest BCUT2D eigenvalue weighted by Gasteiger charge is 2.12. The van der Waals surface area contributed by atoms with Crippen LogP contribution in [0.25, 0.3) is 0 Å². The van der Waals surface area contributed by atoms with E-state index in [1.807, 2.05) is 18.2 Å². The Kier molecular flexibility index (Phi) is 4.01. The van der Waals surface area contributed by atoms with Gasteiger partial charge in [-0.1, -0.05) is 11.2 Å². The summed E-state index contributed by atoms with van der Waals surface area (Å²) in [5, 5.41) is 13.0. The van der Waals surface area contributed by atoms with Gasteiger partial charge in [0.15, 0.2) is 17.3 Å². The fourth-order valence-corrected chi connectivity index (χ4v) is 1.67. The lowest BCUT2D eigenvalue weighted by Crippen LogP contribution is -1.96. The average molecular weight is 264 g/mol. The maximum absolute atomic E-state index is 9.33. The molecule has 0 bridgehead atoms. The Morgan fingerprint density at radius 2 is 2.00 bits per heavy atom. The summed E-state index contributed by atoms with van der Waals surface area (Å²) < 4.78 is 15.5. The van der Waals surface area contributed by atoms with Crippen LogP contribution in [0.4, 0.5) is 0 Å². The first-order chi connectivity index (χ1) is 9.13. The lowest BCUT2D eigenvalue weighted by molar-refractivity contribution is 0.184. The van der Waals surface area contributed by atoms with Crippen LogP contribution in [0.2, 0.25) is 0 Å². The van der Waals surface area contributed by atoms with Crippen molar-refractivity contribution in [2.75, 3.05) is 14.2 Å². The van der Waals surface area contributed by atoms with Gasteiger partial charge in [0.1, 0.15) is 6.10 Å². The van der Waals surface area contributed by atoms with E-state index in [9.17, 15) is 5.11 Å². The highest BCUT2D eigenvalue weighted by molar-refractivity contribution is 5.43. The third-order valence-corrected chi connectivity index (χ3v) is 2.66. The summed E-state index contributed by atoms with van der Waals surface area (Å²) in [5.74, 6) is 2.05. The summed E-state index contributed by atoms with van der Waals surface area (Å²) in [4.78, 5) is 4.10. The number of aromatic nitrogens is 2. The van der Waals surface area contributed by atoms with Crippen molar-refractivity contribution in [1.82, 2.24) is 10.1 Å². The van der Waals surface area contributed by atoms with E-state index < -0.39 is 6.10 Å². The number of hydrogen-bond acceptors (Lipinski definition) is 6. The first-order valence-corrected chi connectivity index (χ1v) is 5.85. The van der Waals surface area contributed by atoms with Crippen LogP contribution in [0.5, 0.6) is 11.5 Å². The Bertz CT molecular complexity index is 551. The molecule has 0 aliphatic rings. The average Bonchev–Trinajstić information content (AvgIpc) is 2.87. The van der Waals surface area contributed by atoms with Crippen LogP contribution in [0.15, 0.2) is 22.7 Å². The maximum atomic E-state index is 9.33. The van der Waals surface area contributed by atoms with Crippen LogP contribution in [-0.2, 0) is 6.42 Å². The van der Waals surface area contributed by atoms with E-state index in [0.29, 0.717) is 23.8 Å². The highest BCUT2D eigenvalue weighted by atomic mass is 16.5. The number of methoxy groups -OCH3 is 2. The van der Waals surface area contributed by atoms with Crippen LogP contribution in [0.3, 0.4) is 0 Å². The molecular weight excluding hydrogens is 248 g/mol. The van der Waals surface area contributed by atoms with Gasteiger partial charge in [0.2, 0.25) is 5.89 Å². The van der Waals surface area contributed by atoms with E-state index in [-0.39, 0.29) is 5.82 Å². The monoisotopic (exact) mass is 264 g/mol. The minimum absolute atomic E-state index is 0.287. The molecule has 6 heteroatoms. The molecule has 1 atom stereocenters. The van der Waals surface area contributed by atoms with Crippen molar-refractivity contribution in [3.63, 3.8) is 0 Å². The Morgan fingerprint density at radius 1 is 1.26 bits per heavy atom. The molecule has 1 unspecified atom stereocenters. The lowest BCUT2D eigenvalue weighted by atomic mass is 10.1. The normalized spacial score (nSPS) is 12.2. The topological polar surface area (TPSA) is 77.6 Å². The molecule has 2 rings (SSSR count). The highest BCUT2D eigenvalue weighted by Crippen LogP contribution is 2.28. The quantitative estimate of drug-likeness (QED) is 0.886. The molecule has 0 saturated carbocycles. The van der Waals surface area contributed by atoms with Crippen molar-refractivity contribution in [2.24, 2.45) is 0 Å². The molecule has 1 aromatic heterocycles. The van der Waals surface area contributed by atoms with Crippen molar-refractivity contribution in [3.8, 4) is 11.5 Å². The van der Waals surface area contributed by atoms with Gasteiger partial charge in [-0.05, 0) is 24.6 Å². The smallest absolute Gasteiger partial charge is 0.231 e. The minimum atomic E-state index is -0.733. The largest absolute Gasteiger partial charge is 0.493 e. The molecular formula is C13H16N2O4. The second-order valence-corrected chi connectivity index (χ2v) is 4.09. The zero-order valence-corrected chi connectivity index (χ0v) is 11.1. The summed E-state index contributed by atoms with van der Waals surface area (Å²) in [6, 6.07) is 5.57. The van der Waals surface area contributed by atoms with Crippen LogP contribution in [-0.4, -0.2) is 29.5 Å². The van der Waals surface area contributed by atoms with Crippen LogP contribution in [0.1, 0.15) is 30.3 Å². The number of benzene rings is 1. The fraction of sp³-hybridized carbons (Fsp3) is 0.385. The zero-order chi connectivity index (χ0) is 13.8. The van der Waals surface area contributed by atoms with E-state index in [2.05, 4.69) is 10.1 Å². The number of aliphatic hydroxyl groups is 1. The molecule has 0 aliphatic heterocycles.